The van der Waals surface area contributed by atoms with Gasteiger partial charge in [0.2, 0.25) is 0 Å². The molecule has 0 bridgehead atoms. The van der Waals surface area contributed by atoms with Crippen LogP contribution in [0.1, 0.15) is 27.8 Å². The number of hydrogen-bond donors (Lipinski definition) is 3. The summed E-state index contributed by atoms with van der Waals surface area (Å²) in [7, 11) is 0. The second-order valence-electron chi connectivity index (χ2n) is 7.12. The van der Waals surface area contributed by atoms with E-state index in [0.717, 1.165) is 25.1 Å². The van der Waals surface area contributed by atoms with E-state index in [1.54, 1.807) is 6.07 Å². The summed E-state index contributed by atoms with van der Waals surface area (Å²) in [5.74, 6) is 0.446. The highest BCUT2D eigenvalue weighted by Crippen LogP contribution is 2.30. The Hall–Kier alpha value is -2.63. The quantitative estimate of drug-likeness (QED) is 0.366. The minimum absolute atomic E-state index is 0.254. The molecule has 0 fully saturated rings. The zero-order chi connectivity index (χ0) is 20.1. The number of halogens is 1. The van der Waals surface area contributed by atoms with Crippen LogP contribution in [0.5, 0.6) is 0 Å². The second kappa shape index (κ2) is 9.25. The molecule has 148 valence electrons. The van der Waals surface area contributed by atoms with Gasteiger partial charge in [-0.25, -0.2) is 4.39 Å². The highest BCUT2D eigenvalue weighted by atomic mass is 32.2. The first-order valence-corrected chi connectivity index (χ1v) is 10.8. The molecule has 0 spiro atoms. The van der Waals surface area contributed by atoms with Gasteiger partial charge in [-0.15, -0.1) is 11.8 Å². The molecule has 0 aromatic heterocycles. The van der Waals surface area contributed by atoms with Gasteiger partial charge in [-0.1, -0.05) is 48.5 Å². The summed E-state index contributed by atoms with van der Waals surface area (Å²) in [5, 5.41) is 14.5. The van der Waals surface area contributed by atoms with Gasteiger partial charge in [0.1, 0.15) is 5.82 Å². The molecular formula is C24H24FN3S. The van der Waals surface area contributed by atoms with Crippen LogP contribution in [0.4, 0.5) is 10.1 Å². The number of anilines is 1. The minimum atomic E-state index is -0.254. The van der Waals surface area contributed by atoms with E-state index in [-0.39, 0.29) is 5.82 Å². The lowest BCUT2D eigenvalue weighted by Crippen LogP contribution is -2.25. The van der Waals surface area contributed by atoms with Gasteiger partial charge in [0.05, 0.1) is 0 Å². The normalized spacial score (nSPS) is 13.0. The van der Waals surface area contributed by atoms with Crippen molar-refractivity contribution in [3.8, 4) is 0 Å². The molecule has 0 unspecified atom stereocenters. The molecule has 0 amide bonds. The van der Waals surface area contributed by atoms with Gasteiger partial charge in [-0.3, -0.25) is 0 Å². The monoisotopic (exact) mass is 405 g/mol. The maximum atomic E-state index is 14.7. The van der Waals surface area contributed by atoms with Crippen LogP contribution in [0, 0.1) is 11.2 Å². The summed E-state index contributed by atoms with van der Waals surface area (Å²) < 4.78 is 14.7. The molecule has 3 N–H and O–H groups in total. The largest absolute Gasteiger partial charge is 0.380 e. The van der Waals surface area contributed by atoms with Gasteiger partial charge < -0.3 is 16.0 Å². The molecule has 4 rings (SSSR count). The van der Waals surface area contributed by atoms with E-state index in [4.69, 9.17) is 5.41 Å². The van der Waals surface area contributed by atoms with E-state index in [9.17, 15) is 4.39 Å². The maximum absolute atomic E-state index is 14.7. The van der Waals surface area contributed by atoms with E-state index >= 15 is 0 Å². The van der Waals surface area contributed by atoms with Gasteiger partial charge in [0.25, 0.3) is 0 Å². The molecule has 0 saturated carbocycles. The predicted octanol–water partition coefficient (Wildman–Crippen LogP) is 5.37. The SMILES string of the molecule is N=Cc1cc(SCc2ccccc2)c(F)cc1NCc1cccc2c1CNCC2. The number of fused-ring (bicyclic) bond motifs is 1. The van der Waals surface area contributed by atoms with Crippen molar-refractivity contribution < 1.29 is 4.39 Å². The van der Waals surface area contributed by atoms with E-state index in [1.165, 1.54) is 40.7 Å². The lowest BCUT2D eigenvalue weighted by atomic mass is 9.96. The number of benzene rings is 3. The molecule has 3 aromatic carbocycles. The highest BCUT2D eigenvalue weighted by molar-refractivity contribution is 7.98. The van der Waals surface area contributed by atoms with Crippen LogP contribution in [0.15, 0.2) is 65.6 Å². The zero-order valence-corrected chi connectivity index (χ0v) is 17.0. The van der Waals surface area contributed by atoms with Gasteiger partial charge in [-0.2, -0.15) is 0 Å². The predicted molar refractivity (Wildman–Crippen MR) is 119 cm³/mol. The standard InChI is InChI=1S/C24H24FN3S/c25-22-12-23(28-14-19-8-4-7-18-9-10-27-15-21(18)19)20(13-26)11-24(22)29-16-17-5-2-1-3-6-17/h1-8,11-13,26-28H,9-10,14-16H2. The summed E-state index contributed by atoms with van der Waals surface area (Å²) in [4.78, 5) is 0.569. The third-order valence-electron chi connectivity index (χ3n) is 5.21. The lowest BCUT2D eigenvalue weighted by Gasteiger charge is -2.21. The molecule has 3 nitrogen and oxygen atoms in total. The molecule has 1 aliphatic heterocycles. The Labute approximate surface area is 175 Å². The van der Waals surface area contributed by atoms with Crippen LogP contribution in [0.25, 0.3) is 0 Å². The second-order valence-corrected chi connectivity index (χ2v) is 8.14. The fourth-order valence-electron chi connectivity index (χ4n) is 3.63. The van der Waals surface area contributed by atoms with Crippen LogP contribution in [-0.2, 0) is 25.3 Å². The molecule has 1 aliphatic rings. The Balaban J connectivity index is 1.49. The number of nitrogens with one attached hydrogen (secondary N) is 3. The fraction of sp³-hybridized carbons (Fsp3) is 0.208. The first kappa shape index (κ1) is 19.7. The Bertz CT molecular complexity index is 1000. The molecular weight excluding hydrogens is 381 g/mol. The van der Waals surface area contributed by atoms with Gasteiger partial charge in [-0.05, 0) is 47.4 Å². The first-order valence-electron chi connectivity index (χ1n) is 9.79. The summed E-state index contributed by atoms with van der Waals surface area (Å²) in [5.41, 5.74) is 6.44. The topological polar surface area (TPSA) is 47.9 Å². The van der Waals surface area contributed by atoms with E-state index in [0.29, 0.717) is 28.4 Å². The van der Waals surface area contributed by atoms with Crippen LogP contribution in [0.2, 0.25) is 0 Å². The highest BCUT2D eigenvalue weighted by Gasteiger charge is 2.14. The molecule has 0 saturated heterocycles. The molecule has 1 heterocycles. The Morgan fingerprint density at radius 2 is 1.97 bits per heavy atom. The van der Waals surface area contributed by atoms with Crippen LogP contribution < -0.4 is 10.6 Å². The summed E-state index contributed by atoms with van der Waals surface area (Å²) in [6.07, 6.45) is 2.33. The molecule has 5 heteroatoms. The van der Waals surface area contributed by atoms with Crippen molar-refractivity contribution >= 4 is 23.7 Å². The van der Waals surface area contributed by atoms with Crippen molar-refractivity contribution in [3.63, 3.8) is 0 Å². The maximum Gasteiger partial charge on any atom is 0.138 e. The molecule has 0 aliphatic carbocycles. The van der Waals surface area contributed by atoms with Crippen molar-refractivity contribution in [1.29, 1.82) is 5.41 Å². The summed E-state index contributed by atoms with van der Waals surface area (Å²) >= 11 is 1.46. The van der Waals surface area contributed by atoms with Crippen molar-refractivity contribution in [2.75, 3.05) is 11.9 Å². The van der Waals surface area contributed by atoms with E-state index in [1.807, 2.05) is 30.3 Å². The Morgan fingerprint density at radius 3 is 2.79 bits per heavy atom. The number of hydrogen-bond acceptors (Lipinski definition) is 4. The molecule has 0 radical (unpaired) electrons. The lowest BCUT2D eigenvalue weighted by molar-refractivity contribution is 0.602. The van der Waals surface area contributed by atoms with Gasteiger partial charge >= 0.3 is 0 Å². The zero-order valence-electron chi connectivity index (χ0n) is 16.2. The fourth-order valence-corrected chi connectivity index (χ4v) is 4.55. The summed E-state index contributed by atoms with van der Waals surface area (Å²) in [6.45, 7) is 2.49. The van der Waals surface area contributed by atoms with E-state index in [2.05, 4.69) is 28.8 Å². The minimum Gasteiger partial charge on any atom is -0.380 e. The number of thioether (sulfide) groups is 1. The van der Waals surface area contributed by atoms with Gasteiger partial charge in [0.15, 0.2) is 0 Å². The van der Waals surface area contributed by atoms with Crippen molar-refractivity contribution in [1.82, 2.24) is 5.32 Å². The van der Waals surface area contributed by atoms with E-state index < -0.39 is 0 Å². The van der Waals surface area contributed by atoms with Crippen LogP contribution >= 0.6 is 11.8 Å². The molecule has 0 atom stereocenters. The average molecular weight is 406 g/mol. The Morgan fingerprint density at radius 1 is 1.10 bits per heavy atom. The smallest absolute Gasteiger partial charge is 0.138 e. The summed E-state index contributed by atoms with van der Waals surface area (Å²) in [6, 6.07) is 19.7. The average Bonchev–Trinajstić information content (AvgIpc) is 2.77. The third-order valence-corrected chi connectivity index (χ3v) is 6.31. The van der Waals surface area contributed by atoms with Crippen molar-refractivity contribution in [3.05, 3.63) is 94.3 Å². The first-order chi connectivity index (χ1) is 14.2. The van der Waals surface area contributed by atoms with Crippen LogP contribution in [-0.4, -0.2) is 12.8 Å². The molecule has 29 heavy (non-hydrogen) atoms. The molecule has 3 aromatic rings. The third kappa shape index (κ3) is 4.69. The van der Waals surface area contributed by atoms with Gasteiger partial charge in [0, 0.05) is 41.2 Å². The van der Waals surface area contributed by atoms with Crippen molar-refractivity contribution in [2.45, 2.75) is 30.2 Å². The Kier molecular flexibility index (Phi) is 6.27. The number of rotatable bonds is 7. The van der Waals surface area contributed by atoms with Crippen molar-refractivity contribution in [2.24, 2.45) is 0 Å². The van der Waals surface area contributed by atoms with Crippen LogP contribution in [0.3, 0.4) is 0 Å².